The fourth-order valence-electron chi connectivity index (χ4n) is 2.11. The maximum Gasteiger partial charge on any atom is 0.0613 e. The molecule has 2 heterocycles. The van der Waals surface area contributed by atoms with E-state index in [1.807, 2.05) is 0 Å². The predicted octanol–water partition coefficient (Wildman–Crippen LogP) is 0.263. The van der Waals surface area contributed by atoms with Crippen LogP contribution in [-0.2, 0) is 0 Å². The average molecular weight is 127 g/mol. The van der Waals surface area contributed by atoms with E-state index in [4.69, 9.17) is 5.11 Å². The van der Waals surface area contributed by atoms with Crippen LogP contribution in [0.15, 0.2) is 0 Å². The van der Waals surface area contributed by atoms with Gasteiger partial charge >= 0.3 is 0 Å². The van der Waals surface area contributed by atoms with E-state index in [2.05, 4.69) is 5.32 Å². The van der Waals surface area contributed by atoms with Gasteiger partial charge in [0.05, 0.1) is 6.61 Å². The average Bonchev–Trinajstić information content (AvgIpc) is 1.88. The first-order valence-electron chi connectivity index (χ1n) is 3.73. The fraction of sp³-hybridized carbons (Fsp3) is 1.00. The summed E-state index contributed by atoms with van der Waals surface area (Å²) in [7, 11) is 0. The summed E-state index contributed by atoms with van der Waals surface area (Å²) in [6.07, 6.45) is 5.02. The van der Waals surface area contributed by atoms with Crippen molar-refractivity contribution in [3.05, 3.63) is 0 Å². The standard InChI is InChI=1S/C7H13NO/c9-5-7-3-1-2-6(4-7)8-7/h6,8-9H,1-5H2. The molecule has 2 bridgehead atoms. The van der Waals surface area contributed by atoms with Gasteiger partial charge in [0.2, 0.25) is 0 Å². The van der Waals surface area contributed by atoms with E-state index in [1.54, 1.807) is 0 Å². The van der Waals surface area contributed by atoms with Gasteiger partial charge in [0.25, 0.3) is 0 Å². The van der Waals surface area contributed by atoms with Gasteiger partial charge < -0.3 is 10.4 Å². The molecule has 0 spiro atoms. The molecule has 2 unspecified atom stereocenters. The highest BCUT2D eigenvalue weighted by molar-refractivity contribution is 5.06. The zero-order valence-electron chi connectivity index (χ0n) is 5.56. The number of nitrogens with one attached hydrogen (secondary N) is 1. The normalized spacial score (nSPS) is 48.3. The monoisotopic (exact) mass is 127 g/mol. The first kappa shape index (κ1) is 5.69. The molecule has 0 radical (unpaired) electrons. The van der Waals surface area contributed by atoms with E-state index >= 15 is 0 Å². The van der Waals surface area contributed by atoms with E-state index in [0.29, 0.717) is 6.61 Å². The number of aliphatic hydroxyl groups excluding tert-OH is 1. The fourth-order valence-corrected chi connectivity index (χ4v) is 2.11. The molecular weight excluding hydrogens is 114 g/mol. The Morgan fingerprint density at radius 2 is 2.44 bits per heavy atom. The van der Waals surface area contributed by atoms with Crippen molar-refractivity contribution in [3.8, 4) is 0 Å². The van der Waals surface area contributed by atoms with Crippen molar-refractivity contribution >= 4 is 0 Å². The number of rotatable bonds is 1. The van der Waals surface area contributed by atoms with Crippen LogP contribution in [-0.4, -0.2) is 23.3 Å². The maximum atomic E-state index is 8.93. The number of piperidine rings is 1. The van der Waals surface area contributed by atoms with Crippen LogP contribution in [0.1, 0.15) is 25.7 Å². The molecule has 2 heteroatoms. The van der Waals surface area contributed by atoms with Crippen LogP contribution >= 0.6 is 0 Å². The van der Waals surface area contributed by atoms with Crippen molar-refractivity contribution in [1.29, 1.82) is 0 Å². The largest absolute Gasteiger partial charge is 0.394 e. The predicted molar refractivity (Wildman–Crippen MR) is 35.2 cm³/mol. The summed E-state index contributed by atoms with van der Waals surface area (Å²) >= 11 is 0. The quantitative estimate of drug-likeness (QED) is 0.529. The summed E-state index contributed by atoms with van der Waals surface area (Å²) in [4.78, 5) is 0. The van der Waals surface area contributed by atoms with Crippen molar-refractivity contribution in [1.82, 2.24) is 5.32 Å². The number of hydrogen-bond donors (Lipinski definition) is 2. The number of hydrogen-bond acceptors (Lipinski definition) is 2. The lowest BCUT2D eigenvalue weighted by Crippen LogP contribution is -2.68. The van der Waals surface area contributed by atoms with E-state index in [-0.39, 0.29) is 5.54 Å². The highest BCUT2D eigenvalue weighted by Crippen LogP contribution is 2.37. The molecule has 3 fully saturated rings. The summed E-state index contributed by atoms with van der Waals surface area (Å²) in [5.41, 5.74) is 0.170. The van der Waals surface area contributed by atoms with Gasteiger partial charge in [-0.05, 0) is 25.7 Å². The summed E-state index contributed by atoms with van der Waals surface area (Å²) in [6.45, 7) is 0.337. The molecule has 2 atom stereocenters. The van der Waals surface area contributed by atoms with Crippen LogP contribution in [0.2, 0.25) is 0 Å². The second-order valence-electron chi connectivity index (χ2n) is 3.38. The van der Waals surface area contributed by atoms with Crippen LogP contribution in [0.25, 0.3) is 0 Å². The van der Waals surface area contributed by atoms with Crippen LogP contribution in [0.5, 0.6) is 0 Å². The number of aliphatic hydroxyl groups is 1. The summed E-state index contributed by atoms with van der Waals surface area (Å²) in [6, 6.07) is 0.742. The first-order valence-corrected chi connectivity index (χ1v) is 3.73. The molecule has 2 saturated heterocycles. The molecule has 2 nitrogen and oxygen atoms in total. The van der Waals surface area contributed by atoms with E-state index in [1.165, 1.54) is 25.7 Å². The molecule has 0 aromatic carbocycles. The highest BCUT2D eigenvalue weighted by atomic mass is 16.3. The molecule has 0 aromatic rings. The van der Waals surface area contributed by atoms with E-state index < -0.39 is 0 Å². The Hall–Kier alpha value is -0.0800. The first-order chi connectivity index (χ1) is 4.35. The van der Waals surface area contributed by atoms with Crippen LogP contribution in [0.4, 0.5) is 0 Å². The Morgan fingerprint density at radius 1 is 1.67 bits per heavy atom. The summed E-state index contributed by atoms with van der Waals surface area (Å²) in [5.74, 6) is 0. The van der Waals surface area contributed by atoms with E-state index in [9.17, 15) is 0 Å². The molecule has 2 N–H and O–H groups in total. The molecule has 0 amide bonds. The molecule has 1 aliphatic carbocycles. The smallest absolute Gasteiger partial charge is 0.0613 e. The highest BCUT2D eigenvalue weighted by Gasteiger charge is 2.45. The second-order valence-corrected chi connectivity index (χ2v) is 3.38. The van der Waals surface area contributed by atoms with Gasteiger partial charge in [-0.2, -0.15) is 0 Å². The van der Waals surface area contributed by atoms with Gasteiger partial charge in [-0.25, -0.2) is 0 Å². The number of fused-ring (bicyclic) bond motifs is 2. The second kappa shape index (κ2) is 1.70. The van der Waals surface area contributed by atoms with Crippen LogP contribution < -0.4 is 5.32 Å². The molecular formula is C7H13NO. The Kier molecular flexibility index (Phi) is 1.08. The van der Waals surface area contributed by atoms with Crippen molar-refractivity contribution in [2.45, 2.75) is 37.3 Å². The zero-order chi connectivity index (χ0) is 6.32. The topological polar surface area (TPSA) is 32.3 Å². The van der Waals surface area contributed by atoms with Crippen molar-refractivity contribution < 1.29 is 5.11 Å². The van der Waals surface area contributed by atoms with Gasteiger partial charge in [0.15, 0.2) is 0 Å². The molecule has 0 aromatic heterocycles. The molecule has 9 heavy (non-hydrogen) atoms. The van der Waals surface area contributed by atoms with Crippen LogP contribution in [0.3, 0.4) is 0 Å². The van der Waals surface area contributed by atoms with Gasteiger partial charge in [0.1, 0.15) is 0 Å². The molecule has 3 rings (SSSR count). The summed E-state index contributed by atoms with van der Waals surface area (Å²) in [5, 5.41) is 12.3. The third-order valence-corrected chi connectivity index (χ3v) is 2.66. The minimum atomic E-state index is 0.170. The Labute approximate surface area is 55.3 Å². The Balaban J connectivity index is 2.02. The van der Waals surface area contributed by atoms with Crippen LogP contribution in [0, 0.1) is 0 Å². The molecule has 3 aliphatic rings. The minimum Gasteiger partial charge on any atom is -0.394 e. The van der Waals surface area contributed by atoms with E-state index in [0.717, 1.165) is 6.04 Å². The van der Waals surface area contributed by atoms with Gasteiger partial charge in [-0.15, -0.1) is 0 Å². The van der Waals surface area contributed by atoms with Crippen molar-refractivity contribution in [3.63, 3.8) is 0 Å². The van der Waals surface area contributed by atoms with Crippen molar-refractivity contribution in [2.24, 2.45) is 0 Å². The zero-order valence-corrected chi connectivity index (χ0v) is 5.56. The molecule has 1 saturated carbocycles. The Bertz CT molecular complexity index is 113. The lowest BCUT2D eigenvalue weighted by atomic mass is 9.71. The van der Waals surface area contributed by atoms with Gasteiger partial charge in [0, 0.05) is 11.6 Å². The summed E-state index contributed by atoms with van der Waals surface area (Å²) < 4.78 is 0. The maximum absolute atomic E-state index is 8.93. The lowest BCUT2D eigenvalue weighted by Gasteiger charge is -2.52. The van der Waals surface area contributed by atoms with Gasteiger partial charge in [-0.3, -0.25) is 0 Å². The van der Waals surface area contributed by atoms with Gasteiger partial charge in [-0.1, -0.05) is 0 Å². The molecule has 2 aliphatic heterocycles. The molecule has 52 valence electrons. The SMILES string of the molecule is OCC12CCCC(C1)N2. The minimum absolute atomic E-state index is 0.170. The third kappa shape index (κ3) is 0.700. The van der Waals surface area contributed by atoms with Crippen molar-refractivity contribution in [2.75, 3.05) is 6.61 Å². The third-order valence-electron chi connectivity index (χ3n) is 2.66. The Morgan fingerprint density at radius 3 is 2.78 bits per heavy atom. The lowest BCUT2D eigenvalue weighted by molar-refractivity contribution is 0.0172.